The molecule has 3 N–H and O–H groups in total. The third-order valence-corrected chi connectivity index (χ3v) is 2.16. The van der Waals surface area contributed by atoms with Gasteiger partial charge >= 0.3 is 0 Å². The number of nitrogens with zero attached hydrogens (tertiary/aromatic N) is 3. The number of amidine groups is 1. The zero-order chi connectivity index (χ0) is 12.8. The second-order valence-electron chi connectivity index (χ2n) is 3.42. The number of aromatic nitrogens is 2. The number of ether oxygens (including phenoxy) is 1. The van der Waals surface area contributed by atoms with E-state index in [0.717, 1.165) is 5.69 Å². The molecule has 2 rings (SSSR count). The van der Waals surface area contributed by atoms with E-state index in [4.69, 9.17) is 10.5 Å². The van der Waals surface area contributed by atoms with Gasteiger partial charge in [0.25, 0.3) is 0 Å². The smallest absolute Gasteiger partial charge is 0.232 e. The lowest BCUT2D eigenvalue weighted by Crippen LogP contribution is -2.17. The van der Waals surface area contributed by atoms with Gasteiger partial charge in [0.1, 0.15) is 5.69 Å². The number of rotatable bonds is 4. The summed E-state index contributed by atoms with van der Waals surface area (Å²) in [5.41, 5.74) is 9.93. The number of hydrogen-bond donors (Lipinski definition) is 2. The number of nitrogens with two attached hydrogens (primary N) is 1. The predicted molar refractivity (Wildman–Crippen MR) is 69.4 cm³/mol. The molecule has 0 saturated heterocycles. The van der Waals surface area contributed by atoms with E-state index >= 15 is 0 Å². The largest absolute Gasteiger partial charge is 0.480 e. The second-order valence-corrected chi connectivity index (χ2v) is 3.42. The summed E-state index contributed by atoms with van der Waals surface area (Å²) >= 11 is 0. The lowest BCUT2D eigenvalue weighted by Gasteiger charge is -2.03. The number of hydrogen-bond acceptors (Lipinski definition) is 5. The number of benzene rings is 1. The Kier molecular flexibility index (Phi) is 3.70. The molecule has 1 heterocycles. The van der Waals surface area contributed by atoms with Gasteiger partial charge in [0.05, 0.1) is 25.2 Å². The third-order valence-electron chi connectivity index (χ3n) is 2.16. The monoisotopic (exact) mass is 243 g/mol. The van der Waals surface area contributed by atoms with Crippen molar-refractivity contribution in [3.05, 3.63) is 48.4 Å². The lowest BCUT2D eigenvalue weighted by molar-refractivity contribution is 0.395. The van der Waals surface area contributed by atoms with Crippen LogP contribution in [0.5, 0.6) is 5.88 Å². The van der Waals surface area contributed by atoms with Crippen LogP contribution in [-0.2, 0) is 0 Å². The topological polar surface area (TPSA) is 85.4 Å². The number of nitrogens with one attached hydrogen (secondary N) is 1. The van der Waals surface area contributed by atoms with Crippen molar-refractivity contribution in [2.45, 2.75) is 0 Å². The van der Waals surface area contributed by atoms with Gasteiger partial charge in [-0.3, -0.25) is 10.4 Å². The molecule has 0 bridgehead atoms. The average molecular weight is 243 g/mol. The van der Waals surface area contributed by atoms with E-state index in [1.807, 2.05) is 30.3 Å². The first kappa shape index (κ1) is 11.8. The Balaban J connectivity index is 2.12. The summed E-state index contributed by atoms with van der Waals surface area (Å²) in [6, 6.07) is 9.49. The van der Waals surface area contributed by atoms with E-state index in [1.165, 1.54) is 19.5 Å². The van der Waals surface area contributed by atoms with Crippen LogP contribution in [0, 0.1) is 0 Å². The molecule has 2 aromatic rings. The van der Waals surface area contributed by atoms with Crippen molar-refractivity contribution < 1.29 is 4.74 Å². The quantitative estimate of drug-likeness (QED) is 0.479. The summed E-state index contributed by atoms with van der Waals surface area (Å²) in [5.74, 6) is 0.635. The minimum Gasteiger partial charge on any atom is -0.480 e. The molecule has 0 unspecified atom stereocenters. The van der Waals surface area contributed by atoms with Gasteiger partial charge in [0.15, 0.2) is 5.84 Å². The van der Waals surface area contributed by atoms with Gasteiger partial charge in [-0.1, -0.05) is 18.2 Å². The molecule has 1 aromatic heterocycles. The van der Waals surface area contributed by atoms with Crippen molar-refractivity contribution in [3.8, 4) is 5.88 Å². The lowest BCUT2D eigenvalue weighted by atomic mass is 10.3. The van der Waals surface area contributed by atoms with Crippen LogP contribution in [0.3, 0.4) is 0 Å². The van der Waals surface area contributed by atoms with Gasteiger partial charge in [-0.15, -0.1) is 0 Å². The molecule has 0 amide bonds. The molecular formula is C12H13N5O. The fraction of sp³-hybridized carbons (Fsp3) is 0.0833. The van der Waals surface area contributed by atoms with E-state index in [-0.39, 0.29) is 5.84 Å². The van der Waals surface area contributed by atoms with Crippen LogP contribution in [0.4, 0.5) is 5.69 Å². The highest BCUT2D eigenvalue weighted by Gasteiger charge is 2.02. The molecule has 0 atom stereocenters. The molecule has 0 spiro atoms. The van der Waals surface area contributed by atoms with Crippen molar-refractivity contribution in [3.63, 3.8) is 0 Å². The zero-order valence-electron chi connectivity index (χ0n) is 9.87. The normalized spacial score (nSPS) is 11.1. The zero-order valence-corrected chi connectivity index (χ0v) is 9.87. The maximum atomic E-state index is 5.80. The summed E-state index contributed by atoms with van der Waals surface area (Å²) in [4.78, 5) is 8.08. The van der Waals surface area contributed by atoms with Crippen LogP contribution in [0.15, 0.2) is 47.8 Å². The standard InChI is InChI=1S/C12H13N5O/c1-18-11-8-14-7-10(15-11)12(13)17-16-9-5-3-2-4-6-9/h2-8,16H,1H3,(H2,13,17). The average Bonchev–Trinajstić information content (AvgIpc) is 2.46. The van der Waals surface area contributed by atoms with Gasteiger partial charge in [-0.05, 0) is 12.1 Å². The highest BCUT2D eigenvalue weighted by Crippen LogP contribution is 2.06. The molecule has 1 aromatic carbocycles. The van der Waals surface area contributed by atoms with Gasteiger partial charge in [0, 0.05) is 0 Å². The SMILES string of the molecule is COc1cncc(C(N)=NNc2ccccc2)n1. The Bertz CT molecular complexity index is 541. The van der Waals surface area contributed by atoms with E-state index in [9.17, 15) is 0 Å². The number of para-hydroxylation sites is 1. The molecule has 0 radical (unpaired) electrons. The second kappa shape index (κ2) is 5.62. The summed E-state index contributed by atoms with van der Waals surface area (Å²) in [5, 5.41) is 4.03. The fourth-order valence-corrected chi connectivity index (χ4v) is 1.26. The number of methoxy groups -OCH3 is 1. The highest BCUT2D eigenvalue weighted by atomic mass is 16.5. The minimum absolute atomic E-state index is 0.241. The van der Waals surface area contributed by atoms with Gasteiger partial charge in [-0.25, -0.2) is 4.98 Å². The molecule has 6 heteroatoms. The molecule has 0 fully saturated rings. The van der Waals surface area contributed by atoms with Crippen LogP contribution < -0.4 is 15.9 Å². The van der Waals surface area contributed by atoms with E-state index in [1.54, 1.807) is 0 Å². The highest BCUT2D eigenvalue weighted by molar-refractivity contribution is 5.95. The molecule has 0 aliphatic carbocycles. The maximum Gasteiger partial charge on any atom is 0.232 e. The van der Waals surface area contributed by atoms with Crippen molar-refractivity contribution >= 4 is 11.5 Å². The van der Waals surface area contributed by atoms with E-state index in [0.29, 0.717) is 11.6 Å². The predicted octanol–water partition coefficient (Wildman–Crippen LogP) is 1.22. The Hall–Kier alpha value is -2.63. The molecular weight excluding hydrogens is 230 g/mol. The molecule has 0 aliphatic heterocycles. The van der Waals surface area contributed by atoms with Gasteiger partial charge < -0.3 is 10.5 Å². The van der Waals surface area contributed by atoms with Crippen LogP contribution in [-0.4, -0.2) is 22.9 Å². The third kappa shape index (κ3) is 2.94. The van der Waals surface area contributed by atoms with E-state index in [2.05, 4.69) is 20.5 Å². The van der Waals surface area contributed by atoms with E-state index < -0.39 is 0 Å². The van der Waals surface area contributed by atoms with Crippen LogP contribution in [0.2, 0.25) is 0 Å². The van der Waals surface area contributed by atoms with Crippen molar-refractivity contribution in [2.75, 3.05) is 12.5 Å². The first-order valence-electron chi connectivity index (χ1n) is 5.30. The molecule has 0 saturated carbocycles. The minimum atomic E-state index is 0.241. The molecule has 18 heavy (non-hydrogen) atoms. The summed E-state index contributed by atoms with van der Waals surface area (Å²) in [6.45, 7) is 0. The fourth-order valence-electron chi connectivity index (χ4n) is 1.26. The summed E-state index contributed by atoms with van der Waals surface area (Å²) < 4.78 is 4.96. The van der Waals surface area contributed by atoms with Gasteiger partial charge in [0.2, 0.25) is 5.88 Å². The first-order chi connectivity index (χ1) is 8.79. The van der Waals surface area contributed by atoms with Gasteiger partial charge in [-0.2, -0.15) is 5.10 Å². The number of hydrazone groups is 1. The Labute approximate surface area is 105 Å². The Morgan fingerprint density at radius 2 is 2.06 bits per heavy atom. The Morgan fingerprint density at radius 1 is 1.28 bits per heavy atom. The van der Waals surface area contributed by atoms with Crippen LogP contribution in [0.1, 0.15) is 5.69 Å². The van der Waals surface area contributed by atoms with Crippen molar-refractivity contribution in [1.82, 2.24) is 9.97 Å². The van der Waals surface area contributed by atoms with Crippen LogP contribution in [0.25, 0.3) is 0 Å². The molecule has 92 valence electrons. The Morgan fingerprint density at radius 3 is 2.78 bits per heavy atom. The summed E-state index contributed by atoms with van der Waals surface area (Å²) in [6.07, 6.45) is 3.02. The van der Waals surface area contributed by atoms with Crippen LogP contribution >= 0.6 is 0 Å². The summed E-state index contributed by atoms with van der Waals surface area (Å²) in [7, 11) is 1.52. The maximum absolute atomic E-state index is 5.80. The van der Waals surface area contributed by atoms with Crippen molar-refractivity contribution in [1.29, 1.82) is 0 Å². The van der Waals surface area contributed by atoms with Crippen molar-refractivity contribution in [2.24, 2.45) is 10.8 Å². The first-order valence-corrected chi connectivity index (χ1v) is 5.30. The molecule has 0 aliphatic rings. The number of anilines is 1. The molecule has 6 nitrogen and oxygen atoms in total.